The zero-order valence-electron chi connectivity index (χ0n) is 11.4. The highest BCUT2D eigenvalue weighted by atomic mass is 19.3. The molecule has 0 aliphatic heterocycles. The summed E-state index contributed by atoms with van der Waals surface area (Å²) in [6.45, 7) is -0.272. The molecule has 1 atom stereocenters. The van der Waals surface area contributed by atoms with Crippen LogP contribution in [0.1, 0.15) is 6.92 Å². The normalized spacial score (nSPS) is 12.1. The zero-order chi connectivity index (χ0) is 15.0. The van der Waals surface area contributed by atoms with Crippen molar-refractivity contribution in [2.45, 2.75) is 19.6 Å². The third kappa shape index (κ3) is 5.83. The number of halogens is 2. The minimum atomic E-state index is -2.85. The second-order valence-corrected chi connectivity index (χ2v) is 4.05. The van der Waals surface area contributed by atoms with Gasteiger partial charge in [-0.05, 0) is 31.2 Å². The number of methoxy groups -OCH3 is 1. The lowest BCUT2D eigenvalue weighted by atomic mass is 10.2. The van der Waals surface area contributed by atoms with Crippen molar-refractivity contribution in [2.24, 2.45) is 0 Å². The molecule has 0 fully saturated rings. The number of carbonyl (C=O) groups is 1. The highest BCUT2D eigenvalue weighted by molar-refractivity contribution is 5.84. The van der Waals surface area contributed by atoms with Crippen LogP contribution in [-0.4, -0.2) is 38.8 Å². The molecule has 1 unspecified atom stereocenters. The van der Waals surface area contributed by atoms with Crippen molar-refractivity contribution in [1.29, 1.82) is 0 Å². The Kier molecular flexibility index (Phi) is 6.72. The molecular weight excluding hydrogens is 270 g/mol. The van der Waals surface area contributed by atoms with E-state index >= 15 is 0 Å². The number of hydrogen-bond donors (Lipinski definition) is 2. The van der Waals surface area contributed by atoms with Gasteiger partial charge in [0.15, 0.2) is 0 Å². The van der Waals surface area contributed by atoms with Gasteiger partial charge >= 0.3 is 6.61 Å². The second kappa shape index (κ2) is 8.31. The van der Waals surface area contributed by atoms with Crippen LogP contribution in [-0.2, 0) is 9.53 Å². The van der Waals surface area contributed by atoms with E-state index < -0.39 is 12.7 Å². The summed E-state index contributed by atoms with van der Waals surface area (Å²) in [5.41, 5.74) is 0.640. The van der Waals surface area contributed by atoms with E-state index in [4.69, 9.17) is 4.74 Å². The molecule has 5 nitrogen and oxygen atoms in total. The van der Waals surface area contributed by atoms with Crippen LogP contribution in [0.2, 0.25) is 0 Å². The maximum absolute atomic E-state index is 12.0. The van der Waals surface area contributed by atoms with Gasteiger partial charge in [0.25, 0.3) is 0 Å². The van der Waals surface area contributed by atoms with Gasteiger partial charge in [0.1, 0.15) is 11.8 Å². The van der Waals surface area contributed by atoms with Crippen LogP contribution in [0.3, 0.4) is 0 Å². The quantitative estimate of drug-likeness (QED) is 0.717. The third-order valence-corrected chi connectivity index (χ3v) is 2.46. The second-order valence-electron chi connectivity index (χ2n) is 4.05. The number of amides is 1. The Morgan fingerprint density at radius 3 is 2.50 bits per heavy atom. The first-order valence-electron chi connectivity index (χ1n) is 6.11. The molecule has 0 bridgehead atoms. The Labute approximate surface area is 116 Å². The van der Waals surface area contributed by atoms with E-state index in [2.05, 4.69) is 15.4 Å². The van der Waals surface area contributed by atoms with E-state index in [9.17, 15) is 13.6 Å². The van der Waals surface area contributed by atoms with Gasteiger partial charge in [0.05, 0.1) is 6.61 Å². The molecule has 20 heavy (non-hydrogen) atoms. The maximum Gasteiger partial charge on any atom is 0.387 e. The van der Waals surface area contributed by atoms with Gasteiger partial charge in [-0.15, -0.1) is 0 Å². The zero-order valence-corrected chi connectivity index (χ0v) is 11.4. The lowest BCUT2D eigenvalue weighted by Crippen LogP contribution is -2.39. The summed E-state index contributed by atoms with van der Waals surface area (Å²) in [5.74, 6) is -0.0993. The molecule has 0 heterocycles. The highest BCUT2D eigenvalue weighted by Gasteiger charge is 2.12. The summed E-state index contributed by atoms with van der Waals surface area (Å²) in [4.78, 5) is 11.7. The van der Waals surface area contributed by atoms with Gasteiger partial charge in [0.2, 0.25) is 5.91 Å². The van der Waals surface area contributed by atoms with Crippen LogP contribution in [0.5, 0.6) is 5.75 Å². The van der Waals surface area contributed by atoms with Crippen molar-refractivity contribution in [3.05, 3.63) is 24.3 Å². The molecule has 0 aliphatic rings. The number of hydrogen-bond acceptors (Lipinski definition) is 4. The molecule has 1 aromatic carbocycles. The monoisotopic (exact) mass is 288 g/mol. The van der Waals surface area contributed by atoms with Crippen LogP contribution in [0.15, 0.2) is 24.3 Å². The number of nitrogens with one attached hydrogen (secondary N) is 2. The Morgan fingerprint density at radius 2 is 1.95 bits per heavy atom. The smallest absolute Gasteiger partial charge is 0.387 e. The van der Waals surface area contributed by atoms with E-state index in [1.54, 1.807) is 26.2 Å². The largest absolute Gasteiger partial charge is 0.435 e. The number of ether oxygens (including phenoxy) is 2. The van der Waals surface area contributed by atoms with E-state index in [1.165, 1.54) is 12.1 Å². The van der Waals surface area contributed by atoms with Gasteiger partial charge in [-0.3, -0.25) is 4.79 Å². The van der Waals surface area contributed by atoms with Crippen molar-refractivity contribution < 1.29 is 23.0 Å². The fourth-order valence-corrected chi connectivity index (χ4v) is 1.48. The Morgan fingerprint density at radius 1 is 1.30 bits per heavy atom. The molecule has 112 valence electrons. The predicted molar refractivity (Wildman–Crippen MR) is 71.0 cm³/mol. The van der Waals surface area contributed by atoms with Crippen molar-refractivity contribution in [3.8, 4) is 5.75 Å². The molecule has 0 saturated carbocycles. The molecule has 0 radical (unpaired) electrons. The van der Waals surface area contributed by atoms with Gasteiger partial charge < -0.3 is 20.1 Å². The highest BCUT2D eigenvalue weighted by Crippen LogP contribution is 2.18. The van der Waals surface area contributed by atoms with Crippen LogP contribution in [0, 0.1) is 0 Å². The number of benzene rings is 1. The molecule has 0 saturated heterocycles. The molecule has 7 heteroatoms. The average molecular weight is 288 g/mol. The molecule has 0 aliphatic carbocycles. The summed E-state index contributed by atoms with van der Waals surface area (Å²) in [5, 5.41) is 5.64. The molecule has 1 aromatic rings. The van der Waals surface area contributed by atoms with E-state index in [0.29, 0.717) is 18.8 Å². The molecule has 0 spiro atoms. The van der Waals surface area contributed by atoms with Gasteiger partial charge in [0, 0.05) is 19.3 Å². The fourth-order valence-electron chi connectivity index (χ4n) is 1.48. The molecule has 1 amide bonds. The van der Waals surface area contributed by atoms with E-state index in [0.717, 1.165) is 0 Å². The van der Waals surface area contributed by atoms with Crippen molar-refractivity contribution >= 4 is 11.6 Å². The Bertz CT molecular complexity index is 413. The Balaban J connectivity index is 2.45. The minimum Gasteiger partial charge on any atom is -0.435 e. The summed E-state index contributed by atoms with van der Waals surface area (Å²) in [6, 6.07) is 5.50. The van der Waals surface area contributed by atoms with Crippen LogP contribution < -0.4 is 15.4 Å². The number of rotatable bonds is 8. The minimum absolute atomic E-state index is 0.0720. The van der Waals surface area contributed by atoms with Crippen molar-refractivity contribution in [3.63, 3.8) is 0 Å². The summed E-state index contributed by atoms with van der Waals surface area (Å²) in [6.07, 6.45) is 0. The first kappa shape index (κ1) is 16.2. The topological polar surface area (TPSA) is 59.6 Å². The SMILES string of the molecule is COCCNC(=O)C(C)Nc1ccc(OC(F)F)cc1. The molecule has 0 aromatic heterocycles. The summed E-state index contributed by atoms with van der Waals surface area (Å²) in [7, 11) is 1.55. The van der Waals surface area contributed by atoms with Gasteiger partial charge in [-0.1, -0.05) is 0 Å². The van der Waals surface area contributed by atoms with Crippen LogP contribution >= 0.6 is 0 Å². The summed E-state index contributed by atoms with van der Waals surface area (Å²) >= 11 is 0. The molecular formula is C13H18F2N2O3. The number of alkyl halides is 2. The predicted octanol–water partition coefficient (Wildman–Crippen LogP) is 1.85. The Hall–Kier alpha value is -1.89. The lowest BCUT2D eigenvalue weighted by molar-refractivity contribution is -0.121. The number of carbonyl (C=O) groups excluding carboxylic acids is 1. The summed E-state index contributed by atoms with van der Waals surface area (Å²) < 4.78 is 33.0. The van der Waals surface area contributed by atoms with E-state index in [-0.39, 0.29) is 11.7 Å². The average Bonchev–Trinajstić information content (AvgIpc) is 2.40. The fraction of sp³-hybridized carbons (Fsp3) is 0.462. The lowest BCUT2D eigenvalue weighted by Gasteiger charge is -2.15. The maximum atomic E-state index is 12.0. The van der Waals surface area contributed by atoms with E-state index in [1.807, 2.05) is 0 Å². The van der Waals surface area contributed by atoms with Crippen molar-refractivity contribution in [2.75, 3.05) is 25.6 Å². The first-order chi connectivity index (χ1) is 9.52. The molecule has 1 rings (SSSR count). The molecule has 2 N–H and O–H groups in total. The van der Waals surface area contributed by atoms with Crippen LogP contribution in [0.4, 0.5) is 14.5 Å². The standard InChI is InChI=1S/C13H18F2N2O3/c1-9(12(18)16-7-8-19-2)17-10-3-5-11(6-4-10)20-13(14)15/h3-6,9,13,17H,7-8H2,1-2H3,(H,16,18). The van der Waals surface area contributed by atoms with Gasteiger partial charge in [-0.25, -0.2) is 0 Å². The van der Waals surface area contributed by atoms with Crippen LogP contribution in [0.25, 0.3) is 0 Å². The number of anilines is 1. The third-order valence-electron chi connectivity index (χ3n) is 2.46. The first-order valence-corrected chi connectivity index (χ1v) is 6.11. The van der Waals surface area contributed by atoms with Gasteiger partial charge in [-0.2, -0.15) is 8.78 Å². The van der Waals surface area contributed by atoms with Crippen molar-refractivity contribution in [1.82, 2.24) is 5.32 Å².